The van der Waals surface area contributed by atoms with Crippen LogP contribution in [0.15, 0.2) is 48.5 Å². The number of H-pyrrole nitrogens is 1. The monoisotopic (exact) mass is 338 g/mol. The van der Waals surface area contributed by atoms with Crippen molar-refractivity contribution in [1.82, 2.24) is 14.9 Å². The first-order valence-electron chi connectivity index (χ1n) is 8.45. The van der Waals surface area contributed by atoms with E-state index < -0.39 is 0 Å². The number of benzene rings is 2. The molecule has 0 aliphatic carbocycles. The van der Waals surface area contributed by atoms with E-state index in [-0.39, 0.29) is 17.8 Å². The molecule has 1 aliphatic rings. The van der Waals surface area contributed by atoms with E-state index >= 15 is 0 Å². The summed E-state index contributed by atoms with van der Waals surface area (Å²) in [6.07, 6.45) is 1.93. The molecule has 6 heteroatoms. The highest BCUT2D eigenvalue weighted by atomic mass is 19.1. The molecule has 0 radical (unpaired) electrons. The predicted molar refractivity (Wildman–Crippen MR) is 95.1 cm³/mol. The average molecular weight is 338 g/mol. The normalized spacial score (nSPS) is 17.6. The summed E-state index contributed by atoms with van der Waals surface area (Å²) in [6, 6.07) is 13.6. The van der Waals surface area contributed by atoms with Crippen LogP contribution in [0.4, 0.5) is 14.9 Å². The minimum Gasteiger partial charge on any atom is -0.342 e. The second-order valence-electron chi connectivity index (χ2n) is 6.36. The van der Waals surface area contributed by atoms with Crippen LogP contribution in [0.1, 0.15) is 24.6 Å². The highest BCUT2D eigenvalue weighted by molar-refractivity contribution is 5.89. The number of hydrogen-bond acceptors (Lipinski definition) is 2. The molecule has 0 unspecified atom stereocenters. The summed E-state index contributed by atoms with van der Waals surface area (Å²) in [7, 11) is 0. The fourth-order valence-electron chi connectivity index (χ4n) is 3.29. The van der Waals surface area contributed by atoms with Crippen LogP contribution in [0, 0.1) is 5.82 Å². The van der Waals surface area contributed by atoms with E-state index in [0.29, 0.717) is 18.8 Å². The van der Waals surface area contributed by atoms with Crippen LogP contribution in [0.5, 0.6) is 0 Å². The summed E-state index contributed by atoms with van der Waals surface area (Å²) in [5, 5.41) is 2.83. The number of amides is 2. The maximum absolute atomic E-state index is 13.0. The van der Waals surface area contributed by atoms with Gasteiger partial charge in [0.05, 0.1) is 11.0 Å². The number of likely N-dealkylation sites (tertiary alicyclic amines) is 1. The first kappa shape index (κ1) is 15.6. The van der Waals surface area contributed by atoms with Gasteiger partial charge in [0.25, 0.3) is 0 Å². The zero-order valence-corrected chi connectivity index (χ0v) is 13.7. The number of rotatable bonds is 2. The van der Waals surface area contributed by atoms with Crippen LogP contribution in [0.3, 0.4) is 0 Å². The molecule has 4 rings (SSSR count). The lowest BCUT2D eigenvalue weighted by Gasteiger charge is -2.31. The molecule has 128 valence electrons. The summed E-state index contributed by atoms with van der Waals surface area (Å²) >= 11 is 0. The van der Waals surface area contributed by atoms with Crippen molar-refractivity contribution in [2.75, 3.05) is 18.4 Å². The van der Waals surface area contributed by atoms with Gasteiger partial charge in [-0.1, -0.05) is 12.1 Å². The zero-order valence-electron chi connectivity index (χ0n) is 13.7. The maximum atomic E-state index is 13.0. The number of hydrogen-bond donors (Lipinski definition) is 2. The Morgan fingerprint density at radius 3 is 2.80 bits per heavy atom. The van der Waals surface area contributed by atoms with Gasteiger partial charge in [0.15, 0.2) is 0 Å². The number of anilines is 1. The van der Waals surface area contributed by atoms with E-state index in [2.05, 4.69) is 15.3 Å². The maximum Gasteiger partial charge on any atom is 0.321 e. The van der Waals surface area contributed by atoms with Crippen molar-refractivity contribution in [2.45, 2.75) is 18.8 Å². The number of aromatic nitrogens is 2. The predicted octanol–water partition coefficient (Wildman–Crippen LogP) is 4.11. The van der Waals surface area contributed by atoms with Crippen molar-refractivity contribution in [3.63, 3.8) is 0 Å². The topological polar surface area (TPSA) is 61.0 Å². The van der Waals surface area contributed by atoms with E-state index in [1.807, 2.05) is 24.3 Å². The van der Waals surface area contributed by atoms with Gasteiger partial charge in [0, 0.05) is 24.7 Å². The Labute approximate surface area is 144 Å². The first-order chi connectivity index (χ1) is 12.2. The van der Waals surface area contributed by atoms with Crippen molar-refractivity contribution in [3.05, 3.63) is 60.2 Å². The van der Waals surface area contributed by atoms with Gasteiger partial charge in [-0.2, -0.15) is 0 Å². The Kier molecular flexibility index (Phi) is 4.09. The lowest BCUT2D eigenvalue weighted by molar-refractivity contribution is 0.191. The second kappa shape index (κ2) is 6.55. The number of para-hydroxylation sites is 2. The van der Waals surface area contributed by atoms with Gasteiger partial charge >= 0.3 is 6.03 Å². The summed E-state index contributed by atoms with van der Waals surface area (Å²) < 4.78 is 13.0. The van der Waals surface area contributed by atoms with E-state index in [1.54, 1.807) is 17.0 Å². The molecule has 0 bridgehead atoms. The number of fused-ring (bicyclic) bond motifs is 1. The first-order valence-corrected chi connectivity index (χ1v) is 8.45. The molecule has 1 saturated heterocycles. The van der Waals surface area contributed by atoms with Gasteiger partial charge in [0.2, 0.25) is 0 Å². The molecule has 1 atom stereocenters. The largest absolute Gasteiger partial charge is 0.342 e. The third-order valence-corrected chi connectivity index (χ3v) is 4.60. The smallest absolute Gasteiger partial charge is 0.321 e. The summed E-state index contributed by atoms with van der Waals surface area (Å²) in [4.78, 5) is 22.3. The van der Waals surface area contributed by atoms with Crippen LogP contribution in [0.25, 0.3) is 11.0 Å². The Hall–Kier alpha value is -2.89. The number of urea groups is 1. The highest BCUT2D eigenvalue weighted by Gasteiger charge is 2.26. The van der Waals surface area contributed by atoms with Crippen molar-refractivity contribution in [2.24, 2.45) is 0 Å². The number of carbonyl (C=O) groups is 1. The molecule has 2 N–H and O–H groups in total. The van der Waals surface area contributed by atoms with Gasteiger partial charge in [-0.05, 0) is 49.2 Å². The third kappa shape index (κ3) is 3.33. The molecule has 0 spiro atoms. The molecule has 3 aromatic rings. The quantitative estimate of drug-likeness (QED) is 0.738. The standard InChI is InChI=1S/C19H19FN4O/c20-14-7-9-15(10-8-14)21-19(25)24-11-3-4-13(12-24)18-22-16-5-1-2-6-17(16)23-18/h1-2,5-10,13H,3-4,11-12H2,(H,21,25)(H,22,23)/t13-/m0/s1. The number of aromatic amines is 1. The number of carbonyl (C=O) groups excluding carboxylic acids is 1. The SMILES string of the molecule is O=C(Nc1ccc(F)cc1)N1CCC[C@H](c2nc3ccccc3[nH]2)C1. The number of halogens is 1. The minimum atomic E-state index is -0.319. The van der Waals surface area contributed by atoms with Gasteiger partial charge < -0.3 is 15.2 Å². The van der Waals surface area contributed by atoms with Crippen LogP contribution in [-0.2, 0) is 0 Å². The van der Waals surface area contributed by atoms with Crippen LogP contribution < -0.4 is 5.32 Å². The van der Waals surface area contributed by atoms with E-state index in [9.17, 15) is 9.18 Å². The average Bonchev–Trinajstić information content (AvgIpc) is 3.08. The Balaban J connectivity index is 1.46. The molecule has 1 aromatic heterocycles. The molecule has 2 aromatic carbocycles. The molecular formula is C19H19FN4O. The van der Waals surface area contributed by atoms with E-state index in [4.69, 9.17) is 0 Å². The molecule has 2 amide bonds. The van der Waals surface area contributed by atoms with Gasteiger partial charge in [-0.3, -0.25) is 0 Å². The fraction of sp³-hybridized carbons (Fsp3) is 0.263. The number of nitrogens with zero attached hydrogens (tertiary/aromatic N) is 2. The Morgan fingerprint density at radius 2 is 2.00 bits per heavy atom. The highest BCUT2D eigenvalue weighted by Crippen LogP contribution is 2.27. The summed E-state index contributed by atoms with van der Waals surface area (Å²) in [6.45, 7) is 1.33. The number of nitrogens with one attached hydrogen (secondary N) is 2. The van der Waals surface area contributed by atoms with Crippen molar-refractivity contribution in [3.8, 4) is 0 Å². The van der Waals surface area contributed by atoms with E-state index in [0.717, 1.165) is 29.7 Å². The van der Waals surface area contributed by atoms with Crippen LogP contribution >= 0.6 is 0 Å². The van der Waals surface area contributed by atoms with Gasteiger partial charge in [-0.15, -0.1) is 0 Å². The van der Waals surface area contributed by atoms with Gasteiger partial charge in [0.1, 0.15) is 11.6 Å². The fourth-order valence-corrected chi connectivity index (χ4v) is 3.29. The van der Waals surface area contributed by atoms with Crippen LogP contribution in [0.2, 0.25) is 0 Å². The lowest BCUT2D eigenvalue weighted by atomic mass is 9.97. The number of piperidine rings is 1. The molecule has 1 aliphatic heterocycles. The molecule has 0 saturated carbocycles. The lowest BCUT2D eigenvalue weighted by Crippen LogP contribution is -2.41. The minimum absolute atomic E-state index is 0.160. The van der Waals surface area contributed by atoms with Crippen molar-refractivity contribution in [1.29, 1.82) is 0 Å². The Morgan fingerprint density at radius 1 is 1.20 bits per heavy atom. The molecule has 25 heavy (non-hydrogen) atoms. The molecule has 1 fully saturated rings. The summed E-state index contributed by atoms with van der Waals surface area (Å²) in [5.74, 6) is 0.807. The Bertz CT molecular complexity index is 857. The molecule has 2 heterocycles. The van der Waals surface area contributed by atoms with E-state index in [1.165, 1.54) is 12.1 Å². The summed E-state index contributed by atoms with van der Waals surface area (Å²) in [5.41, 5.74) is 2.56. The third-order valence-electron chi connectivity index (χ3n) is 4.60. The van der Waals surface area contributed by atoms with Gasteiger partial charge in [-0.25, -0.2) is 14.2 Å². The van der Waals surface area contributed by atoms with Crippen LogP contribution in [-0.4, -0.2) is 34.0 Å². The second-order valence-corrected chi connectivity index (χ2v) is 6.36. The zero-order chi connectivity index (χ0) is 17.2. The molecule has 5 nitrogen and oxygen atoms in total. The molecular weight excluding hydrogens is 319 g/mol. The van der Waals surface area contributed by atoms with Crippen molar-refractivity contribution < 1.29 is 9.18 Å². The van der Waals surface area contributed by atoms with Crippen molar-refractivity contribution >= 4 is 22.8 Å². The number of imidazole rings is 1.